The van der Waals surface area contributed by atoms with E-state index in [1.165, 1.54) is 4.90 Å². The van der Waals surface area contributed by atoms with Crippen LogP contribution < -0.4 is 10.1 Å². The van der Waals surface area contributed by atoms with E-state index in [9.17, 15) is 9.59 Å². The molecule has 0 aliphatic heterocycles. The van der Waals surface area contributed by atoms with Crippen molar-refractivity contribution in [1.82, 2.24) is 4.90 Å². The third-order valence-corrected chi connectivity index (χ3v) is 5.07. The molecule has 0 radical (unpaired) electrons. The fraction of sp³-hybridized carbons (Fsp3) is 0.231. The van der Waals surface area contributed by atoms with Crippen molar-refractivity contribution in [3.63, 3.8) is 0 Å². The number of benzene rings is 3. The van der Waals surface area contributed by atoms with Crippen molar-refractivity contribution in [3.05, 3.63) is 83.4 Å². The highest BCUT2D eigenvalue weighted by Crippen LogP contribution is 2.23. The minimum absolute atomic E-state index is 0.0398. The quantitative estimate of drug-likeness (QED) is 0.604. The smallest absolute Gasteiger partial charge is 0.260 e. The van der Waals surface area contributed by atoms with Gasteiger partial charge in [0, 0.05) is 12.7 Å². The first-order valence-corrected chi connectivity index (χ1v) is 10.2. The summed E-state index contributed by atoms with van der Waals surface area (Å²) in [6.07, 6.45) is 0. The first-order chi connectivity index (χ1) is 14.8. The van der Waals surface area contributed by atoms with Crippen LogP contribution in [0, 0.1) is 20.8 Å². The lowest BCUT2D eigenvalue weighted by molar-refractivity contribution is -0.135. The maximum atomic E-state index is 12.4. The SMILES string of the molecule is Cc1cc(C)c(NC(=O)CN(C)C(=O)COc2ccc(-c3ccccc3)cc2)c(C)c1. The molecule has 0 aromatic heterocycles. The molecule has 0 spiro atoms. The Morgan fingerprint density at radius 1 is 0.871 bits per heavy atom. The highest BCUT2D eigenvalue weighted by Gasteiger charge is 2.15. The molecule has 3 aromatic rings. The van der Waals surface area contributed by atoms with E-state index in [-0.39, 0.29) is 25.0 Å². The van der Waals surface area contributed by atoms with Crippen molar-refractivity contribution in [2.75, 3.05) is 25.5 Å². The lowest BCUT2D eigenvalue weighted by atomic mass is 10.1. The molecule has 5 heteroatoms. The average Bonchev–Trinajstić information content (AvgIpc) is 2.75. The number of hydrogen-bond acceptors (Lipinski definition) is 3. The summed E-state index contributed by atoms with van der Waals surface area (Å²) in [7, 11) is 1.60. The molecule has 0 saturated heterocycles. The van der Waals surface area contributed by atoms with Crippen molar-refractivity contribution in [2.24, 2.45) is 0 Å². The number of nitrogens with one attached hydrogen (secondary N) is 1. The molecule has 31 heavy (non-hydrogen) atoms. The summed E-state index contributed by atoms with van der Waals surface area (Å²) < 4.78 is 5.61. The maximum Gasteiger partial charge on any atom is 0.260 e. The number of likely N-dealkylation sites (N-methyl/N-ethyl adjacent to an activating group) is 1. The van der Waals surface area contributed by atoms with Gasteiger partial charge < -0.3 is 15.0 Å². The number of ether oxygens (including phenoxy) is 1. The van der Waals surface area contributed by atoms with Crippen LogP contribution in [0.4, 0.5) is 5.69 Å². The molecule has 0 aliphatic carbocycles. The van der Waals surface area contributed by atoms with Crippen molar-refractivity contribution >= 4 is 17.5 Å². The van der Waals surface area contributed by atoms with E-state index in [2.05, 4.69) is 5.32 Å². The van der Waals surface area contributed by atoms with Gasteiger partial charge in [0.15, 0.2) is 6.61 Å². The predicted molar refractivity (Wildman–Crippen MR) is 124 cm³/mol. The van der Waals surface area contributed by atoms with Crippen LogP contribution in [0.1, 0.15) is 16.7 Å². The first-order valence-electron chi connectivity index (χ1n) is 10.2. The van der Waals surface area contributed by atoms with Gasteiger partial charge in [0.05, 0.1) is 6.54 Å². The van der Waals surface area contributed by atoms with E-state index in [1.54, 1.807) is 7.05 Å². The van der Waals surface area contributed by atoms with Gasteiger partial charge in [-0.25, -0.2) is 0 Å². The molecular formula is C26H28N2O3. The lowest BCUT2D eigenvalue weighted by Crippen LogP contribution is -2.37. The highest BCUT2D eigenvalue weighted by molar-refractivity contribution is 5.95. The van der Waals surface area contributed by atoms with Crippen LogP contribution in [0.15, 0.2) is 66.7 Å². The molecular weight excluding hydrogens is 388 g/mol. The Balaban J connectivity index is 1.51. The van der Waals surface area contributed by atoms with Crippen LogP contribution in [0.5, 0.6) is 5.75 Å². The summed E-state index contributed by atoms with van der Waals surface area (Å²) in [5.74, 6) is 0.106. The summed E-state index contributed by atoms with van der Waals surface area (Å²) >= 11 is 0. The van der Waals surface area contributed by atoms with E-state index < -0.39 is 0 Å². The van der Waals surface area contributed by atoms with Gasteiger partial charge in [0.1, 0.15) is 5.75 Å². The molecule has 0 bridgehead atoms. The van der Waals surface area contributed by atoms with Crippen molar-refractivity contribution < 1.29 is 14.3 Å². The second-order valence-corrected chi connectivity index (χ2v) is 7.75. The van der Waals surface area contributed by atoms with Gasteiger partial charge in [-0.05, 0) is 55.2 Å². The second kappa shape index (κ2) is 9.94. The molecule has 0 atom stereocenters. The number of carbonyl (C=O) groups excluding carboxylic acids is 2. The Morgan fingerprint density at radius 3 is 2.06 bits per heavy atom. The van der Waals surface area contributed by atoms with Gasteiger partial charge in [-0.15, -0.1) is 0 Å². The zero-order valence-electron chi connectivity index (χ0n) is 18.4. The number of aryl methyl sites for hydroxylation is 3. The molecule has 1 N–H and O–H groups in total. The van der Waals surface area contributed by atoms with E-state index in [4.69, 9.17) is 4.74 Å². The van der Waals surface area contributed by atoms with E-state index in [0.717, 1.165) is 33.5 Å². The normalized spacial score (nSPS) is 10.5. The number of rotatable bonds is 7. The van der Waals surface area contributed by atoms with Gasteiger partial charge >= 0.3 is 0 Å². The third kappa shape index (κ3) is 5.95. The average molecular weight is 417 g/mol. The van der Waals surface area contributed by atoms with Crippen molar-refractivity contribution in [3.8, 4) is 16.9 Å². The Bertz CT molecular complexity index is 1040. The third-order valence-electron chi connectivity index (χ3n) is 5.07. The largest absolute Gasteiger partial charge is 0.484 e. The molecule has 0 fully saturated rings. The van der Waals surface area contributed by atoms with E-state index in [1.807, 2.05) is 87.5 Å². The minimum Gasteiger partial charge on any atom is -0.484 e. The molecule has 3 rings (SSSR count). The van der Waals surface area contributed by atoms with E-state index >= 15 is 0 Å². The molecule has 160 valence electrons. The van der Waals surface area contributed by atoms with Crippen molar-refractivity contribution in [1.29, 1.82) is 0 Å². The highest BCUT2D eigenvalue weighted by atomic mass is 16.5. The van der Waals surface area contributed by atoms with Gasteiger partial charge in [0.2, 0.25) is 5.91 Å². The first kappa shape index (κ1) is 22.1. The van der Waals surface area contributed by atoms with Crippen molar-refractivity contribution in [2.45, 2.75) is 20.8 Å². The maximum absolute atomic E-state index is 12.4. The van der Waals surface area contributed by atoms with Gasteiger partial charge in [-0.3, -0.25) is 9.59 Å². The summed E-state index contributed by atoms with van der Waals surface area (Å²) in [6, 6.07) is 21.7. The van der Waals surface area contributed by atoms with Gasteiger partial charge in [-0.1, -0.05) is 60.2 Å². The van der Waals surface area contributed by atoms with Crippen LogP contribution >= 0.6 is 0 Å². The number of carbonyl (C=O) groups is 2. The van der Waals surface area contributed by atoms with Crippen LogP contribution in [0.2, 0.25) is 0 Å². The molecule has 0 aliphatic rings. The fourth-order valence-electron chi connectivity index (χ4n) is 3.49. The summed E-state index contributed by atoms with van der Waals surface area (Å²) in [4.78, 5) is 26.2. The van der Waals surface area contributed by atoms with Gasteiger partial charge in [0.25, 0.3) is 5.91 Å². The monoisotopic (exact) mass is 416 g/mol. The lowest BCUT2D eigenvalue weighted by Gasteiger charge is -2.18. The number of nitrogens with zero attached hydrogens (tertiary/aromatic N) is 1. The van der Waals surface area contributed by atoms with Crippen LogP contribution in [-0.2, 0) is 9.59 Å². The summed E-state index contributed by atoms with van der Waals surface area (Å²) in [5.41, 5.74) is 6.15. The van der Waals surface area contributed by atoms with Crippen LogP contribution in [-0.4, -0.2) is 36.9 Å². The number of anilines is 1. The summed E-state index contributed by atoms with van der Waals surface area (Å²) in [6.45, 7) is 5.77. The predicted octanol–water partition coefficient (Wildman–Crippen LogP) is 4.75. The standard InChI is InChI=1S/C26H28N2O3/c1-18-14-19(2)26(20(3)15-18)27-24(29)16-28(4)25(30)17-31-23-12-10-22(11-13-23)21-8-6-5-7-9-21/h5-15H,16-17H2,1-4H3,(H,27,29). The Morgan fingerprint density at radius 2 is 1.45 bits per heavy atom. The Labute approximate surface area is 183 Å². The topological polar surface area (TPSA) is 58.6 Å². The van der Waals surface area contributed by atoms with Gasteiger partial charge in [-0.2, -0.15) is 0 Å². The minimum atomic E-state index is -0.264. The fourth-order valence-corrected chi connectivity index (χ4v) is 3.49. The molecule has 3 aromatic carbocycles. The molecule has 0 saturated carbocycles. The number of hydrogen-bond donors (Lipinski definition) is 1. The summed E-state index contributed by atoms with van der Waals surface area (Å²) in [5, 5.41) is 2.91. The second-order valence-electron chi connectivity index (χ2n) is 7.75. The molecule has 0 heterocycles. The molecule has 5 nitrogen and oxygen atoms in total. The molecule has 0 unspecified atom stereocenters. The van der Waals surface area contributed by atoms with Crippen LogP contribution in [0.25, 0.3) is 11.1 Å². The number of amides is 2. The Kier molecular flexibility index (Phi) is 7.08. The Hall–Kier alpha value is -3.60. The zero-order chi connectivity index (χ0) is 22.4. The van der Waals surface area contributed by atoms with E-state index in [0.29, 0.717) is 5.75 Å². The van der Waals surface area contributed by atoms with Crippen LogP contribution in [0.3, 0.4) is 0 Å². The molecule has 2 amide bonds. The zero-order valence-corrected chi connectivity index (χ0v) is 18.4.